The zero-order valence-corrected chi connectivity index (χ0v) is 16.2. The maximum atomic E-state index is 14.0. The minimum Gasteiger partial charge on any atom is -0.462 e. The third kappa shape index (κ3) is 4.44. The second-order valence-electron chi connectivity index (χ2n) is 7.09. The smallest absolute Gasteiger partial charge is 0.405 e. The van der Waals surface area contributed by atoms with Crippen LogP contribution < -0.4 is 0 Å². The Morgan fingerprint density at radius 3 is 2.34 bits per heavy atom. The molecule has 0 saturated heterocycles. The van der Waals surface area contributed by atoms with Crippen molar-refractivity contribution in [2.45, 2.75) is 37.3 Å². The Kier molecular flexibility index (Phi) is 6.26. The third-order valence-electron chi connectivity index (χ3n) is 5.09. The van der Waals surface area contributed by atoms with E-state index in [-0.39, 0.29) is 11.5 Å². The fraction of sp³-hybridized carbons (Fsp3) is 0.292. The van der Waals surface area contributed by atoms with Crippen LogP contribution in [-0.2, 0) is 10.2 Å². The predicted molar refractivity (Wildman–Crippen MR) is 107 cm³/mol. The molecular weight excluding hydrogens is 377 g/mol. The van der Waals surface area contributed by atoms with Gasteiger partial charge in [-0.2, -0.15) is 13.2 Å². The second-order valence-corrected chi connectivity index (χ2v) is 7.09. The second kappa shape index (κ2) is 8.68. The summed E-state index contributed by atoms with van der Waals surface area (Å²) in [5.74, 6) is -0.768. The molecule has 0 heterocycles. The maximum absolute atomic E-state index is 14.0. The number of alkyl halides is 3. The molecule has 1 aliphatic rings. The highest BCUT2D eigenvalue weighted by molar-refractivity contribution is 5.89. The summed E-state index contributed by atoms with van der Waals surface area (Å²) in [5.41, 5.74) is -0.837. The van der Waals surface area contributed by atoms with E-state index < -0.39 is 17.6 Å². The number of hydrogen-bond acceptors (Lipinski definition) is 2. The van der Waals surface area contributed by atoms with E-state index in [4.69, 9.17) is 4.74 Å². The molecule has 0 radical (unpaired) electrons. The van der Waals surface area contributed by atoms with E-state index >= 15 is 0 Å². The maximum Gasteiger partial charge on any atom is 0.405 e. The molecule has 5 heteroatoms. The van der Waals surface area contributed by atoms with Gasteiger partial charge in [0.1, 0.15) is 5.41 Å². The number of unbranched alkanes of at least 4 members (excludes halogenated alkanes) is 1. The van der Waals surface area contributed by atoms with Crippen molar-refractivity contribution in [3.05, 3.63) is 95.6 Å². The van der Waals surface area contributed by atoms with Gasteiger partial charge in [-0.05, 0) is 29.7 Å². The van der Waals surface area contributed by atoms with Gasteiger partial charge in [0.2, 0.25) is 0 Å². The summed E-state index contributed by atoms with van der Waals surface area (Å²) in [6, 6.07) is 14.7. The lowest BCUT2D eigenvalue weighted by molar-refractivity contribution is -0.162. The molecule has 3 rings (SSSR count). The van der Waals surface area contributed by atoms with E-state index in [9.17, 15) is 18.0 Å². The van der Waals surface area contributed by atoms with Gasteiger partial charge < -0.3 is 4.74 Å². The Morgan fingerprint density at radius 2 is 1.72 bits per heavy atom. The molecule has 0 aliphatic heterocycles. The van der Waals surface area contributed by atoms with E-state index in [1.165, 1.54) is 24.3 Å². The molecule has 0 amide bonds. The lowest BCUT2D eigenvalue weighted by Crippen LogP contribution is -2.40. The van der Waals surface area contributed by atoms with Crippen LogP contribution in [0.25, 0.3) is 0 Å². The topological polar surface area (TPSA) is 26.3 Å². The number of carbonyl (C=O) groups is 1. The van der Waals surface area contributed by atoms with Crippen molar-refractivity contribution in [1.82, 2.24) is 0 Å². The van der Waals surface area contributed by atoms with Crippen LogP contribution >= 0.6 is 0 Å². The molecule has 2 aromatic rings. The number of rotatable bonds is 6. The van der Waals surface area contributed by atoms with E-state index in [0.717, 1.165) is 18.4 Å². The van der Waals surface area contributed by atoms with Crippen LogP contribution in [0.1, 0.15) is 47.2 Å². The number of carbonyl (C=O) groups excluding carboxylic acids is 1. The van der Waals surface area contributed by atoms with Crippen LogP contribution in [-0.4, -0.2) is 18.8 Å². The SMILES string of the molecule is CCCCOC(=O)c1cccc(C2C=CC(c3ccccc3)(C(F)(F)F)C=C2)c1. The van der Waals surface area contributed by atoms with E-state index in [1.54, 1.807) is 54.6 Å². The average Bonchev–Trinajstić information content (AvgIpc) is 2.74. The van der Waals surface area contributed by atoms with E-state index in [0.29, 0.717) is 12.2 Å². The molecule has 2 aromatic carbocycles. The Morgan fingerprint density at radius 1 is 1.03 bits per heavy atom. The van der Waals surface area contributed by atoms with Crippen molar-refractivity contribution in [3.8, 4) is 0 Å². The molecule has 0 bridgehead atoms. The van der Waals surface area contributed by atoms with Crippen molar-refractivity contribution in [2.75, 3.05) is 6.61 Å². The molecule has 2 nitrogen and oxygen atoms in total. The molecule has 0 saturated carbocycles. The van der Waals surface area contributed by atoms with Gasteiger partial charge in [0.05, 0.1) is 12.2 Å². The minimum atomic E-state index is -4.46. The van der Waals surface area contributed by atoms with Crippen molar-refractivity contribution in [3.63, 3.8) is 0 Å². The Labute approximate surface area is 168 Å². The van der Waals surface area contributed by atoms with Crippen LogP contribution in [0, 0.1) is 0 Å². The van der Waals surface area contributed by atoms with Gasteiger partial charge in [0, 0.05) is 5.92 Å². The van der Waals surface area contributed by atoms with Gasteiger partial charge >= 0.3 is 12.1 Å². The lowest BCUT2D eigenvalue weighted by Gasteiger charge is -2.33. The molecule has 1 aliphatic carbocycles. The van der Waals surface area contributed by atoms with E-state index in [2.05, 4.69) is 0 Å². The summed E-state index contributed by atoms with van der Waals surface area (Å²) in [5, 5.41) is 0. The molecule has 0 aromatic heterocycles. The van der Waals surface area contributed by atoms with Gasteiger partial charge in [-0.15, -0.1) is 0 Å². The highest BCUT2D eigenvalue weighted by atomic mass is 19.4. The summed E-state index contributed by atoms with van der Waals surface area (Å²) in [6.45, 7) is 2.36. The van der Waals surface area contributed by atoms with Crippen LogP contribution in [0.5, 0.6) is 0 Å². The third-order valence-corrected chi connectivity index (χ3v) is 5.09. The molecule has 152 valence electrons. The zero-order chi connectivity index (χ0) is 20.9. The van der Waals surface area contributed by atoms with Crippen LogP contribution in [0.15, 0.2) is 78.9 Å². The number of allylic oxidation sites excluding steroid dienone is 4. The fourth-order valence-corrected chi connectivity index (χ4v) is 3.38. The first-order valence-corrected chi connectivity index (χ1v) is 9.65. The molecule has 0 spiro atoms. The quantitative estimate of drug-likeness (QED) is 0.321. The van der Waals surface area contributed by atoms with Gasteiger partial charge in [-0.25, -0.2) is 4.79 Å². The molecular formula is C24H23F3O2. The number of ether oxygens (including phenoxy) is 1. The fourth-order valence-electron chi connectivity index (χ4n) is 3.38. The first kappa shape index (κ1) is 20.9. The standard InChI is InChI=1S/C24H23F3O2/c1-2-3-16-29-22(28)20-9-7-8-19(17-20)18-12-14-23(15-13-18,24(25,26)27)21-10-5-4-6-11-21/h4-15,17-18H,2-3,16H2,1H3. The Hall–Kier alpha value is -2.82. The Balaban J connectivity index is 1.84. The van der Waals surface area contributed by atoms with Gasteiger partial charge in [0.15, 0.2) is 0 Å². The van der Waals surface area contributed by atoms with Gasteiger partial charge in [-0.3, -0.25) is 0 Å². The largest absolute Gasteiger partial charge is 0.462 e. The molecule has 29 heavy (non-hydrogen) atoms. The monoisotopic (exact) mass is 400 g/mol. The predicted octanol–water partition coefficient (Wildman–Crippen LogP) is 6.35. The van der Waals surface area contributed by atoms with Crippen molar-refractivity contribution >= 4 is 5.97 Å². The summed E-state index contributed by atoms with van der Waals surface area (Å²) in [6.07, 6.45) is 2.76. The first-order chi connectivity index (χ1) is 13.9. The minimum absolute atomic E-state index is 0.173. The van der Waals surface area contributed by atoms with Crippen LogP contribution in [0.2, 0.25) is 0 Å². The average molecular weight is 400 g/mol. The lowest BCUT2D eigenvalue weighted by atomic mass is 9.74. The van der Waals surface area contributed by atoms with Crippen molar-refractivity contribution < 1.29 is 22.7 Å². The molecule has 0 unspecified atom stereocenters. The molecule has 0 fully saturated rings. The van der Waals surface area contributed by atoms with Crippen LogP contribution in [0.3, 0.4) is 0 Å². The van der Waals surface area contributed by atoms with Crippen molar-refractivity contribution in [2.24, 2.45) is 0 Å². The first-order valence-electron chi connectivity index (χ1n) is 9.65. The number of hydrogen-bond donors (Lipinski definition) is 0. The van der Waals surface area contributed by atoms with E-state index in [1.807, 2.05) is 6.92 Å². The van der Waals surface area contributed by atoms with Crippen molar-refractivity contribution in [1.29, 1.82) is 0 Å². The summed E-state index contributed by atoms with van der Waals surface area (Å²) in [7, 11) is 0. The summed E-state index contributed by atoms with van der Waals surface area (Å²) < 4.78 is 47.1. The highest BCUT2D eigenvalue weighted by Crippen LogP contribution is 2.46. The number of esters is 1. The van der Waals surface area contributed by atoms with Crippen LogP contribution in [0.4, 0.5) is 13.2 Å². The number of halogens is 3. The molecule has 0 atom stereocenters. The molecule has 0 N–H and O–H groups in total. The normalized spacial score (nSPS) is 21.2. The zero-order valence-electron chi connectivity index (χ0n) is 16.2. The van der Waals surface area contributed by atoms with Gasteiger partial charge in [0.25, 0.3) is 0 Å². The summed E-state index contributed by atoms with van der Waals surface area (Å²) >= 11 is 0. The van der Waals surface area contributed by atoms with Gasteiger partial charge in [-0.1, -0.05) is 80.1 Å². The highest BCUT2D eigenvalue weighted by Gasteiger charge is 2.53. The summed E-state index contributed by atoms with van der Waals surface area (Å²) in [4.78, 5) is 12.2. The number of benzene rings is 2. The Bertz CT molecular complexity index is 884.